The molecule has 0 aliphatic rings. The molecule has 0 aliphatic heterocycles. The molecule has 112 valence electrons. The van der Waals surface area contributed by atoms with E-state index < -0.39 is 0 Å². The maximum atomic E-state index is 5.96. The van der Waals surface area contributed by atoms with Crippen molar-refractivity contribution in [1.29, 1.82) is 0 Å². The van der Waals surface area contributed by atoms with E-state index in [1.54, 1.807) is 0 Å². The molecule has 2 rings (SSSR count). The van der Waals surface area contributed by atoms with Gasteiger partial charge in [-0.25, -0.2) is 0 Å². The molecule has 0 bridgehead atoms. The summed E-state index contributed by atoms with van der Waals surface area (Å²) in [5.74, 6) is 0. The molecule has 21 heavy (non-hydrogen) atoms. The Hall–Kier alpha value is -0.840. The van der Waals surface area contributed by atoms with Gasteiger partial charge in [-0.1, -0.05) is 44.0 Å². The summed E-state index contributed by atoms with van der Waals surface area (Å²) in [4.78, 5) is 0. The Morgan fingerprint density at radius 3 is 2.14 bits per heavy atom. The Balaban J connectivity index is 2.28. The molecular formula is C17H20Br2N2. The van der Waals surface area contributed by atoms with Crippen molar-refractivity contribution in [3.05, 3.63) is 61.5 Å². The van der Waals surface area contributed by atoms with Crippen molar-refractivity contribution in [2.75, 3.05) is 11.9 Å². The molecule has 0 radical (unpaired) electrons. The van der Waals surface area contributed by atoms with Crippen LogP contribution in [0.15, 0.2) is 39.3 Å². The van der Waals surface area contributed by atoms with Crippen molar-refractivity contribution in [2.24, 2.45) is 5.73 Å². The van der Waals surface area contributed by atoms with E-state index in [0.717, 1.165) is 14.6 Å². The zero-order chi connectivity index (χ0) is 15.6. The van der Waals surface area contributed by atoms with E-state index in [-0.39, 0.29) is 6.04 Å². The fourth-order valence-corrected chi connectivity index (χ4v) is 2.87. The Kier molecular flexibility index (Phi) is 5.47. The molecule has 0 fully saturated rings. The Labute approximate surface area is 143 Å². The predicted molar refractivity (Wildman–Crippen MR) is 97.9 cm³/mol. The van der Waals surface area contributed by atoms with Crippen molar-refractivity contribution >= 4 is 37.5 Å². The van der Waals surface area contributed by atoms with Crippen molar-refractivity contribution in [3.63, 3.8) is 0 Å². The summed E-state index contributed by atoms with van der Waals surface area (Å²) >= 11 is 7.14. The lowest BCUT2D eigenvalue weighted by Crippen LogP contribution is -2.20. The number of rotatable bonds is 4. The topological polar surface area (TPSA) is 38.0 Å². The van der Waals surface area contributed by atoms with Gasteiger partial charge in [0.15, 0.2) is 0 Å². The number of anilines is 1. The second-order valence-electron chi connectivity index (χ2n) is 5.37. The van der Waals surface area contributed by atoms with Gasteiger partial charge >= 0.3 is 0 Å². The fourth-order valence-electron chi connectivity index (χ4n) is 2.39. The summed E-state index contributed by atoms with van der Waals surface area (Å²) in [6.45, 7) is 6.84. The van der Waals surface area contributed by atoms with Crippen molar-refractivity contribution in [3.8, 4) is 0 Å². The van der Waals surface area contributed by atoms with Crippen molar-refractivity contribution < 1.29 is 0 Å². The third-order valence-corrected chi connectivity index (χ3v) is 5.74. The molecular weight excluding hydrogens is 392 g/mol. The molecule has 2 aromatic carbocycles. The molecule has 0 amide bonds. The number of aryl methyl sites for hydroxylation is 3. The summed E-state index contributed by atoms with van der Waals surface area (Å²) in [5, 5.41) is 3.54. The second kappa shape index (κ2) is 6.95. The third-order valence-electron chi connectivity index (χ3n) is 3.60. The number of halogens is 2. The summed E-state index contributed by atoms with van der Waals surface area (Å²) in [6, 6.07) is 10.8. The first-order valence-corrected chi connectivity index (χ1v) is 8.50. The molecule has 1 atom stereocenters. The average Bonchev–Trinajstić information content (AvgIpc) is 2.45. The highest BCUT2D eigenvalue weighted by molar-refractivity contribution is 9.10. The van der Waals surface area contributed by atoms with Crippen LogP contribution < -0.4 is 11.1 Å². The van der Waals surface area contributed by atoms with Gasteiger partial charge in [0, 0.05) is 21.2 Å². The third kappa shape index (κ3) is 3.87. The first-order chi connectivity index (χ1) is 9.92. The fraction of sp³-hybridized carbons (Fsp3) is 0.294. The zero-order valence-corrected chi connectivity index (χ0v) is 15.7. The Morgan fingerprint density at radius 2 is 1.62 bits per heavy atom. The van der Waals surface area contributed by atoms with E-state index in [0.29, 0.717) is 6.54 Å². The second-order valence-corrected chi connectivity index (χ2v) is 7.01. The smallest absolute Gasteiger partial charge is 0.0636 e. The van der Waals surface area contributed by atoms with Gasteiger partial charge in [0.2, 0.25) is 0 Å². The molecule has 2 aromatic rings. The van der Waals surface area contributed by atoms with Gasteiger partial charge in [-0.05, 0) is 61.2 Å². The first kappa shape index (κ1) is 16.5. The standard InChI is InChI=1S/C17H20Br2N2/c1-10-6-13(4-5-15(10)18)16(9-20)21-14-7-11(2)17(19)12(3)8-14/h4-8,16,21H,9,20H2,1-3H3. The van der Waals surface area contributed by atoms with Gasteiger partial charge in [-0.15, -0.1) is 0 Å². The van der Waals surface area contributed by atoms with Crippen LogP contribution in [-0.4, -0.2) is 6.54 Å². The molecule has 0 saturated heterocycles. The van der Waals surface area contributed by atoms with Gasteiger partial charge in [0.05, 0.1) is 6.04 Å². The summed E-state index contributed by atoms with van der Waals surface area (Å²) in [7, 11) is 0. The van der Waals surface area contributed by atoms with Crippen molar-refractivity contribution in [2.45, 2.75) is 26.8 Å². The SMILES string of the molecule is Cc1cc(C(CN)Nc2cc(C)c(Br)c(C)c2)ccc1Br. The normalized spacial score (nSPS) is 12.3. The van der Waals surface area contributed by atoms with E-state index in [1.165, 1.54) is 22.3 Å². The molecule has 0 heterocycles. The van der Waals surface area contributed by atoms with E-state index in [1.807, 2.05) is 0 Å². The first-order valence-electron chi connectivity index (χ1n) is 6.91. The maximum absolute atomic E-state index is 5.96. The lowest BCUT2D eigenvalue weighted by molar-refractivity contribution is 0.788. The molecule has 0 aliphatic carbocycles. The molecule has 3 N–H and O–H groups in total. The predicted octanol–water partition coefficient (Wildman–Crippen LogP) is 5.25. The highest BCUT2D eigenvalue weighted by Gasteiger charge is 2.12. The van der Waals surface area contributed by atoms with E-state index in [9.17, 15) is 0 Å². The van der Waals surface area contributed by atoms with Gasteiger partial charge in [0.1, 0.15) is 0 Å². The Bertz CT molecular complexity index is 630. The van der Waals surface area contributed by atoms with Crippen LogP contribution in [0.2, 0.25) is 0 Å². The molecule has 0 spiro atoms. The highest BCUT2D eigenvalue weighted by Crippen LogP contribution is 2.28. The van der Waals surface area contributed by atoms with Gasteiger partial charge in [-0.2, -0.15) is 0 Å². The Morgan fingerprint density at radius 1 is 1.00 bits per heavy atom. The van der Waals surface area contributed by atoms with E-state index in [4.69, 9.17) is 5.73 Å². The highest BCUT2D eigenvalue weighted by atomic mass is 79.9. The number of nitrogens with two attached hydrogens (primary N) is 1. The van der Waals surface area contributed by atoms with Gasteiger partial charge < -0.3 is 11.1 Å². The van der Waals surface area contributed by atoms with Crippen LogP contribution in [0.5, 0.6) is 0 Å². The number of hydrogen-bond acceptors (Lipinski definition) is 2. The molecule has 1 unspecified atom stereocenters. The van der Waals surface area contributed by atoms with Crippen LogP contribution in [0.1, 0.15) is 28.3 Å². The summed E-state index contributed by atoms with van der Waals surface area (Å²) < 4.78 is 2.29. The molecule has 4 heteroatoms. The quantitative estimate of drug-likeness (QED) is 0.720. The van der Waals surface area contributed by atoms with Crippen molar-refractivity contribution in [1.82, 2.24) is 0 Å². The van der Waals surface area contributed by atoms with E-state index >= 15 is 0 Å². The largest absolute Gasteiger partial charge is 0.377 e. The summed E-state index contributed by atoms with van der Waals surface area (Å²) in [6.07, 6.45) is 0. The van der Waals surface area contributed by atoms with Crippen LogP contribution in [0.25, 0.3) is 0 Å². The molecule has 0 saturated carbocycles. The lowest BCUT2D eigenvalue weighted by atomic mass is 10.0. The average molecular weight is 412 g/mol. The lowest BCUT2D eigenvalue weighted by Gasteiger charge is -2.20. The van der Waals surface area contributed by atoms with Crippen LogP contribution in [0.3, 0.4) is 0 Å². The van der Waals surface area contributed by atoms with E-state index in [2.05, 4.69) is 88.3 Å². The molecule has 0 aromatic heterocycles. The number of nitrogens with one attached hydrogen (secondary N) is 1. The van der Waals surface area contributed by atoms with Gasteiger partial charge in [0.25, 0.3) is 0 Å². The summed E-state index contributed by atoms with van der Waals surface area (Å²) in [5.41, 5.74) is 11.9. The van der Waals surface area contributed by atoms with Gasteiger partial charge in [-0.3, -0.25) is 0 Å². The molecule has 2 nitrogen and oxygen atoms in total. The minimum atomic E-state index is 0.108. The maximum Gasteiger partial charge on any atom is 0.0636 e. The van der Waals surface area contributed by atoms with Crippen LogP contribution in [0, 0.1) is 20.8 Å². The number of benzene rings is 2. The minimum Gasteiger partial charge on any atom is -0.377 e. The van der Waals surface area contributed by atoms with Crippen LogP contribution in [0.4, 0.5) is 5.69 Å². The van der Waals surface area contributed by atoms with Crippen LogP contribution >= 0.6 is 31.9 Å². The zero-order valence-electron chi connectivity index (χ0n) is 12.5. The monoisotopic (exact) mass is 410 g/mol. The van der Waals surface area contributed by atoms with Crippen LogP contribution in [-0.2, 0) is 0 Å². The minimum absolute atomic E-state index is 0.108. The number of hydrogen-bond donors (Lipinski definition) is 2.